The molecule has 3 nitrogen and oxygen atoms in total. The van der Waals surface area contributed by atoms with Crippen LogP contribution in [0.3, 0.4) is 0 Å². The van der Waals surface area contributed by atoms with Crippen LogP contribution in [0.5, 0.6) is 0 Å². The Bertz CT molecular complexity index is 407. The molecule has 86 valence electrons. The van der Waals surface area contributed by atoms with Crippen molar-refractivity contribution in [2.24, 2.45) is 0 Å². The summed E-state index contributed by atoms with van der Waals surface area (Å²) >= 11 is 5.44. The molecule has 0 saturated heterocycles. The molecule has 1 amide bonds. The zero-order valence-electron chi connectivity index (χ0n) is 8.84. The Labute approximate surface area is 98.3 Å². The number of nitrogens with one attached hydrogen (secondary N) is 1. The molecule has 0 fully saturated rings. The molecule has 0 bridgehead atoms. The molecule has 0 aliphatic heterocycles. The van der Waals surface area contributed by atoms with E-state index in [1.807, 2.05) is 6.08 Å². The molecule has 1 rings (SSSR count). The molecule has 0 aromatic carbocycles. The van der Waals surface area contributed by atoms with Crippen LogP contribution in [0.25, 0.3) is 6.08 Å². The number of aromatic nitrogens is 1. The first-order chi connectivity index (χ1) is 7.59. The summed E-state index contributed by atoms with van der Waals surface area (Å²) in [6, 6.07) is 1.31. The van der Waals surface area contributed by atoms with Gasteiger partial charge in [0.05, 0.1) is 0 Å². The first kappa shape index (κ1) is 12.6. The van der Waals surface area contributed by atoms with E-state index in [0.29, 0.717) is 18.5 Å². The van der Waals surface area contributed by atoms with Crippen LogP contribution < -0.4 is 5.32 Å². The molecule has 1 aromatic rings. The van der Waals surface area contributed by atoms with Crippen LogP contribution >= 0.6 is 11.6 Å². The number of carbonyl (C=O) groups is 1. The molecule has 0 radical (unpaired) electrons. The summed E-state index contributed by atoms with van der Waals surface area (Å²) in [5.41, 5.74) is 0.643. The van der Waals surface area contributed by atoms with Gasteiger partial charge in [-0.2, -0.15) is 0 Å². The molecule has 0 aliphatic rings. The lowest BCUT2D eigenvalue weighted by atomic mass is 10.2. The molecule has 1 aromatic heterocycles. The highest BCUT2D eigenvalue weighted by Gasteiger charge is 1.99. The minimum absolute atomic E-state index is 0.0624. The molecule has 5 heteroatoms. The van der Waals surface area contributed by atoms with Crippen molar-refractivity contribution in [3.8, 4) is 0 Å². The lowest BCUT2D eigenvalue weighted by molar-refractivity contribution is -0.118. The monoisotopic (exact) mass is 242 g/mol. The van der Waals surface area contributed by atoms with E-state index < -0.39 is 5.82 Å². The highest BCUT2D eigenvalue weighted by atomic mass is 35.5. The van der Waals surface area contributed by atoms with Gasteiger partial charge in [-0.1, -0.05) is 23.8 Å². The van der Waals surface area contributed by atoms with E-state index in [2.05, 4.69) is 10.3 Å². The lowest BCUT2D eigenvalue weighted by Gasteiger charge is -1.97. The Hall–Kier alpha value is -1.42. The topological polar surface area (TPSA) is 42.0 Å². The summed E-state index contributed by atoms with van der Waals surface area (Å²) in [7, 11) is 0. The Morgan fingerprint density at radius 1 is 1.69 bits per heavy atom. The van der Waals surface area contributed by atoms with Gasteiger partial charge in [0.15, 0.2) is 11.0 Å². The fraction of sp³-hybridized carbons (Fsp3) is 0.273. The van der Waals surface area contributed by atoms with E-state index in [4.69, 9.17) is 11.6 Å². The molecule has 0 spiro atoms. The number of hydrogen-bond acceptors (Lipinski definition) is 2. The van der Waals surface area contributed by atoms with Gasteiger partial charge in [0.2, 0.25) is 5.91 Å². The summed E-state index contributed by atoms with van der Waals surface area (Å²) in [6.45, 7) is 2.03. The van der Waals surface area contributed by atoms with Gasteiger partial charge in [-0.25, -0.2) is 9.37 Å². The highest BCUT2D eigenvalue weighted by Crippen LogP contribution is 2.12. The Morgan fingerprint density at radius 2 is 2.44 bits per heavy atom. The van der Waals surface area contributed by atoms with Crippen molar-refractivity contribution in [3.05, 3.63) is 34.9 Å². The van der Waals surface area contributed by atoms with E-state index in [1.54, 1.807) is 6.08 Å². The van der Waals surface area contributed by atoms with Crippen molar-refractivity contribution >= 4 is 23.6 Å². The normalized spacial score (nSPS) is 10.7. The standard InChI is InChI=1S/C11H12ClFN2O/c1-8(16)14-5-3-2-4-9-6-10(13)11(12)15-7-9/h2,4,6-7H,3,5H2,1H3,(H,14,16). The molecule has 1 heterocycles. The molecule has 0 atom stereocenters. The van der Waals surface area contributed by atoms with Crippen molar-refractivity contribution in [1.29, 1.82) is 0 Å². The number of halogens is 2. The molecular formula is C11H12ClFN2O. The van der Waals surface area contributed by atoms with E-state index >= 15 is 0 Å². The maximum atomic E-state index is 13.0. The van der Waals surface area contributed by atoms with Crippen LogP contribution in [0.1, 0.15) is 18.9 Å². The third-order valence-electron chi connectivity index (χ3n) is 1.81. The highest BCUT2D eigenvalue weighted by molar-refractivity contribution is 6.29. The van der Waals surface area contributed by atoms with Gasteiger partial charge < -0.3 is 5.32 Å². The van der Waals surface area contributed by atoms with E-state index in [9.17, 15) is 9.18 Å². The third kappa shape index (κ3) is 4.40. The Balaban J connectivity index is 2.44. The Morgan fingerprint density at radius 3 is 3.06 bits per heavy atom. The van der Waals surface area contributed by atoms with Crippen LogP contribution in [0, 0.1) is 5.82 Å². The van der Waals surface area contributed by atoms with Crippen LogP contribution in [0.2, 0.25) is 5.15 Å². The average molecular weight is 243 g/mol. The van der Waals surface area contributed by atoms with Crippen LogP contribution in [-0.4, -0.2) is 17.4 Å². The smallest absolute Gasteiger partial charge is 0.216 e. The fourth-order valence-electron chi connectivity index (χ4n) is 1.08. The number of carbonyl (C=O) groups excluding carboxylic acids is 1. The zero-order chi connectivity index (χ0) is 12.0. The number of amides is 1. The number of pyridine rings is 1. The predicted molar refractivity (Wildman–Crippen MR) is 61.5 cm³/mol. The zero-order valence-corrected chi connectivity index (χ0v) is 9.59. The van der Waals surface area contributed by atoms with Gasteiger partial charge in [0, 0.05) is 19.7 Å². The van der Waals surface area contributed by atoms with Gasteiger partial charge >= 0.3 is 0 Å². The van der Waals surface area contributed by atoms with E-state index in [1.165, 1.54) is 19.2 Å². The van der Waals surface area contributed by atoms with Gasteiger partial charge in [-0.3, -0.25) is 4.79 Å². The summed E-state index contributed by atoms with van der Waals surface area (Å²) in [5.74, 6) is -0.599. The van der Waals surface area contributed by atoms with Crippen molar-refractivity contribution < 1.29 is 9.18 Å². The van der Waals surface area contributed by atoms with Crippen LogP contribution in [-0.2, 0) is 4.79 Å². The summed E-state index contributed by atoms with van der Waals surface area (Å²) in [4.78, 5) is 14.2. The molecule has 0 saturated carbocycles. The number of hydrogen-bond donors (Lipinski definition) is 1. The average Bonchev–Trinajstić information content (AvgIpc) is 2.22. The van der Waals surface area contributed by atoms with Crippen LogP contribution in [0.4, 0.5) is 4.39 Å². The summed E-state index contributed by atoms with van der Waals surface area (Å²) in [6.07, 6.45) is 5.73. The quantitative estimate of drug-likeness (QED) is 0.651. The molecule has 0 aliphatic carbocycles. The largest absolute Gasteiger partial charge is 0.356 e. The predicted octanol–water partition coefficient (Wildman–Crippen LogP) is 2.41. The van der Waals surface area contributed by atoms with Gasteiger partial charge in [-0.15, -0.1) is 0 Å². The van der Waals surface area contributed by atoms with Crippen molar-refractivity contribution in [2.75, 3.05) is 6.54 Å². The number of nitrogens with zero attached hydrogens (tertiary/aromatic N) is 1. The lowest BCUT2D eigenvalue weighted by Crippen LogP contribution is -2.20. The first-order valence-electron chi connectivity index (χ1n) is 4.81. The van der Waals surface area contributed by atoms with Crippen LogP contribution in [0.15, 0.2) is 18.3 Å². The fourth-order valence-corrected chi connectivity index (χ4v) is 1.18. The second-order valence-electron chi connectivity index (χ2n) is 3.22. The maximum absolute atomic E-state index is 13.0. The van der Waals surface area contributed by atoms with Crippen molar-refractivity contribution in [1.82, 2.24) is 10.3 Å². The summed E-state index contributed by atoms with van der Waals surface area (Å²) < 4.78 is 13.0. The van der Waals surface area contributed by atoms with Gasteiger partial charge in [-0.05, 0) is 18.1 Å². The maximum Gasteiger partial charge on any atom is 0.216 e. The second-order valence-corrected chi connectivity index (χ2v) is 3.57. The third-order valence-corrected chi connectivity index (χ3v) is 2.09. The summed E-state index contributed by atoms with van der Waals surface area (Å²) in [5, 5.41) is 2.52. The molecule has 1 N–H and O–H groups in total. The minimum atomic E-state index is -0.536. The van der Waals surface area contributed by atoms with E-state index in [-0.39, 0.29) is 11.1 Å². The molecule has 16 heavy (non-hydrogen) atoms. The van der Waals surface area contributed by atoms with E-state index in [0.717, 1.165) is 0 Å². The second kappa shape index (κ2) is 6.23. The minimum Gasteiger partial charge on any atom is -0.356 e. The van der Waals surface area contributed by atoms with Gasteiger partial charge in [0.1, 0.15) is 0 Å². The van der Waals surface area contributed by atoms with Crippen molar-refractivity contribution in [3.63, 3.8) is 0 Å². The SMILES string of the molecule is CC(=O)NCCC=Cc1cnc(Cl)c(F)c1. The molecule has 0 unspecified atom stereocenters. The molecular weight excluding hydrogens is 231 g/mol. The van der Waals surface area contributed by atoms with Crippen molar-refractivity contribution in [2.45, 2.75) is 13.3 Å². The van der Waals surface area contributed by atoms with Gasteiger partial charge in [0.25, 0.3) is 0 Å². The first-order valence-corrected chi connectivity index (χ1v) is 5.19. The Kier molecular flexibility index (Phi) is 4.92. The number of rotatable bonds is 4.